The highest BCUT2D eigenvalue weighted by Gasteiger charge is 2.23. The number of fused-ring (bicyclic) bond motifs is 7. The number of amides is 2. The van der Waals surface area contributed by atoms with Crippen molar-refractivity contribution in [2.24, 2.45) is 54.4 Å². The van der Waals surface area contributed by atoms with Crippen LogP contribution in [0.25, 0.3) is 82.9 Å². The maximum atomic E-state index is 12.5. The Hall–Kier alpha value is -13.3. The van der Waals surface area contributed by atoms with Gasteiger partial charge in [0, 0.05) is 120 Å². The number of aromatic nitrogens is 21. The third-order valence-corrected chi connectivity index (χ3v) is 24.7. The summed E-state index contributed by atoms with van der Waals surface area (Å²) in [5.74, 6) is -2.00. The summed E-state index contributed by atoms with van der Waals surface area (Å²) in [7, 11) is 10.6. The predicted octanol–water partition coefficient (Wildman–Crippen LogP) is 4.10. The molecule has 14 rings (SSSR count). The summed E-state index contributed by atoms with van der Waals surface area (Å²) in [6.45, 7) is 11.3. The molecule has 0 atom stereocenters. The Bertz CT molecular complexity index is 7710. The number of hydrogen-bond donors (Lipinski definition) is 7. The number of H-pyrrole nitrogens is 4. The minimum atomic E-state index is -0.538. The first-order chi connectivity index (χ1) is 61.9. The Morgan fingerprint density at radius 3 is 1.08 bits per heavy atom. The van der Waals surface area contributed by atoms with E-state index in [-0.39, 0.29) is 163 Å². The number of nitrogens with one attached hydrogen (secondary N) is 6. The van der Waals surface area contributed by atoms with Crippen LogP contribution in [0.5, 0.6) is 0 Å². The van der Waals surface area contributed by atoms with E-state index in [0.717, 1.165) is 97.6 Å². The van der Waals surface area contributed by atoms with Crippen molar-refractivity contribution in [2.75, 3.05) is 42.8 Å². The van der Waals surface area contributed by atoms with E-state index in [9.17, 15) is 95.9 Å². The molecule has 0 aliphatic rings. The summed E-state index contributed by atoms with van der Waals surface area (Å²) in [6.07, 6.45) is 1.92. The van der Waals surface area contributed by atoms with Crippen molar-refractivity contribution >= 4 is 243 Å². The summed E-state index contributed by atoms with van der Waals surface area (Å²) in [5, 5.41) is 9.23. The zero-order valence-electron chi connectivity index (χ0n) is 71.2. The van der Waals surface area contributed by atoms with Gasteiger partial charge in [-0.2, -0.15) is 0 Å². The van der Waals surface area contributed by atoms with Crippen molar-refractivity contribution in [3.05, 3.63) is 169 Å². The molecule has 0 unspecified atom stereocenters. The molecule has 14 aromatic heterocycles. The highest BCUT2D eigenvalue weighted by molar-refractivity contribution is 7.73. The normalized spacial score (nSPS) is 10.7. The molecule has 0 fully saturated rings. The topological polar surface area (TPSA) is 672 Å². The summed E-state index contributed by atoms with van der Waals surface area (Å²) in [5.41, 5.74) is 9.25. The summed E-state index contributed by atoms with van der Waals surface area (Å²) in [4.78, 5) is 268. The number of aryl methyl sites for hydroxylation is 7. The quantitative estimate of drug-likeness (QED) is 0.0118. The number of carbonyl (C=O) groups excluding carboxylic acids is 6. The number of aromatic amines is 4. The fourth-order valence-electron chi connectivity index (χ4n) is 11.4. The lowest BCUT2D eigenvalue weighted by Crippen LogP contribution is -2.38. The van der Waals surface area contributed by atoms with Gasteiger partial charge in [-0.1, -0.05) is 98.6 Å². The number of anilines is 3. The minimum Gasteiger partial charge on any atom is -0.466 e. The van der Waals surface area contributed by atoms with Gasteiger partial charge in [0.2, 0.25) is 11.8 Å². The largest absolute Gasteiger partial charge is 0.466 e. The zero-order valence-corrected chi connectivity index (χ0v) is 79.2. The monoisotopic (exact) mass is 2020 g/mol. The van der Waals surface area contributed by atoms with Crippen LogP contribution in [0.3, 0.4) is 0 Å². The number of ether oxygens (including phenoxy) is 4. The third-order valence-electron chi connectivity index (χ3n) is 17.5. The van der Waals surface area contributed by atoms with E-state index >= 15 is 0 Å². The van der Waals surface area contributed by atoms with Crippen LogP contribution in [-0.4, -0.2) is 162 Å². The number of rotatable bonds is 23. The van der Waals surface area contributed by atoms with Gasteiger partial charge in [0.1, 0.15) is 38.5 Å². The smallest absolute Gasteiger partial charge is 0.332 e. The molecule has 14 aromatic rings. The average Bonchev–Trinajstić information content (AvgIpc) is 1.58. The number of hydrogen-bond acceptors (Lipinski definition) is 40. The van der Waals surface area contributed by atoms with Crippen molar-refractivity contribution < 1.29 is 47.7 Å². The van der Waals surface area contributed by atoms with Crippen LogP contribution in [0.15, 0.2) is 72.2 Å². The van der Waals surface area contributed by atoms with Gasteiger partial charge in [0.05, 0.1) is 26.4 Å². The lowest BCUT2D eigenvalue weighted by molar-refractivity contribution is -0.144. The second kappa shape index (κ2) is 47.5. The van der Waals surface area contributed by atoms with E-state index in [1.165, 1.54) is 88.1 Å². The molecule has 0 saturated carbocycles. The zero-order chi connectivity index (χ0) is 97.0. The molecule has 0 aromatic carbocycles. The third kappa shape index (κ3) is 25.9. The van der Waals surface area contributed by atoms with E-state index < -0.39 is 73.2 Å². The van der Waals surface area contributed by atoms with Crippen LogP contribution < -0.4 is 95.1 Å². The van der Waals surface area contributed by atoms with Crippen molar-refractivity contribution in [3.8, 4) is 0 Å². The van der Waals surface area contributed by atoms with Gasteiger partial charge in [-0.05, 0) is 76.2 Å². The van der Waals surface area contributed by atoms with Crippen molar-refractivity contribution in [2.45, 2.75) is 127 Å². The molecule has 0 saturated heterocycles. The SMILES string of the molecule is C.CC(=O)Nc1nc2c(s1)c(=O)[nH]c(=O)n2C.CCOC(=O)CCCn1c(=O)c2sc(=S)[nH]c2n(C)c1=O.CCOC(=O)CCCn1c(=O)c2sc(Cl)nc2n(C)c1=O.CCOC(=O)CCCn1c(=O)c2sc(N=[N+]=[N-])nc2n(C)c1=O.CCOC(=O)CCCn1c(=O)c2sc(NC(C)=O)nc2n(C)c1=O.Cn1c(=O)[nH]c(=O)c2sc(Cl)nc21.Cn1c(=O)[nH]c(=O)c2sc(N)nc21. The lowest BCUT2D eigenvalue weighted by atomic mass is 10.3. The number of nitrogens with zero attached hydrogens (tertiary/aromatic N) is 20. The predicted molar refractivity (Wildman–Crippen MR) is 502 cm³/mol. The molecule has 132 heavy (non-hydrogen) atoms. The van der Waals surface area contributed by atoms with E-state index in [1.54, 1.807) is 34.7 Å². The maximum absolute atomic E-state index is 12.5. The molecule has 0 spiro atoms. The Labute approximate surface area is 778 Å². The molecule has 14 heterocycles. The summed E-state index contributed by atoms with van der Waals surface area (Å²) in [6, 6.07) is 0. The second-order valence-corrected chi connectivity index (χ2v) is 35.3. The van der Waals surface area contributed by atoms with Gasteiger partial charge in [-0.25, -0.2) is 63.5 Å². The van der Waals surface area contributed by atoms with E-state index in [2.05, 4.69) is 70.5 Å². The number of nitrogen functional groups attached to an aromatic ring is 1. The van der Waals surface area contributed by atoms with Crippen LogP contribution in [0, 0.1) is 3.95 Å². The first-order valence-corrected chi connectivity index (χ1v) is 45.0. The second-order valence-electron chi connectivity index (χ2n) is 26.5. The highest BCUT2D eigenvalue weighted by atomic mass is 35.5. The van der Waals surface area contributed by atoms with Crippen molar-refractivity contribution in [1.29, 1.82) is 0 Å². The molecule has 51 nitrogen and oxygen atoms in total. The van der Waals surface area contributed by atoms with Crippen molar-refractivity contribution in [3.63, 3.8) is 0 Å². The molecule has 0 aliphatic carbocycles. The number of thiazole rings is 7. The number of azide groups is 1. The van der Waals surface area contributed by atoms with Crippen LogP contribution >= 0.6 is 115 Å². The van der Waals surface area contributed by atoms with Crippen LogP contribution in [0.1, 0.15) is 100 Å². The highest BCUT2D eigenvalue weighted by Crippen LogP contribution is 2.27. The maximum Gasteiger partial charge on any atom is 0.332 e. The van der Waals surface area contributed by atoms with Crippen LogP contribution in [0.4, 0.5) is 20.5 Å². The Kier molecular flexibility index (Phi) is 38.1. The van der Waals surface area contributed by atoms with Gasteiger partial charge in [-0.3, -0.25) is 128 Å². The van der Waals surface area contributed by atoms with Gasteiger partial charge in [0.25, 0.3) is 38.9 Å². The summed E-state index contributed by atoms with van der Waals surface area (Å²) < 4.78 is 35.6. The standard InChI is InChI=1S/C14H18N4O5S.C12H14ClN3O4S.C12H14N6O4S.C12H15N3O4S2.C8H8N4O3S.C6H4ClN3O2S.C6H6N4O2S.CH4/c1-4-23-9(20)6-5-7-18-12(21)10-11(17(3)14(18)22)16-13(24-10)15-8(2)19;1-3-20-7(17)5-4-6-16-10(18)8-9(14-11(13)21-8)15(2)12(16)19;1-3-22-7(19)5-4-6-18-10(20)8-9(17(2)12(18)21)14-11(23-8)15-16-13;1-3-19-7(16)5-4-6-15-10(17)8-9(13-11(20)21-8)14(2)12(15)18;1-3(13)9-7-10-5-4(16-7)6(14)11-8(15)12(5)2;2*1-10-3-2(13-5(7)8-3)4(11)9-6(10)12;/h4-7H2,1-3H3,(H,15,16,19);3-6H2,1-2H3;3-6H2,1-2H3;3-6H2,1-2H3,(H,13,20);1-2H3,(H,9,10,13)(H,11,14,15);1H3,(H,9,11,12);1H3,(H2,7,8)(H,9,11,12);1H4. The molecule has 708 valence electrons. The number of halogens is 2. The van der Waals surface area contributed by atoms with Crippen LogP contribution in [-0.2, 0) is 123 Å². The number of nitrogens with two attached hydrogens (primary N) is 1. The molecule has 8 N–H and O–H groups in total. The molecule has 2 amide bonds. The van der Waals surface area contributed by atoms with Crippen LogP contribution in [0.2, 0.25) is 8.93 Å². The average molecular weight is 2030 g/mol. The molecular formula is C71H83Cl2N27O24S8. The van der Waals surface area contributed by atoms with E-state index in [4.69, 9.17) is 65.6 Å². The number of esters is 4. The number of carbonyl (C=O) groups is 6. The molecular weight excluding hydrogens is 1940 g/mol. The summed E-state index contributed by atoms with van der Waals surface area (Å²) >= 11 is 23.7. The molecule has 0 radical (unpaired) electrons. The Morgan fingerprint density at radius 2 is 0.705 bits per heavy atom. The van der Waals surface area contributed by atoms with Gasteiger partial charge in [-0.15, -0.1) is 11.3 Å². The van der Waals surface area contributed by atoms with Crippen molar-refractivity contribution in [1.82, 2.24) is 100 Å². The van der Waals surface area contributed by atoms with Gasteiger partial charge in [0.15, 0.2) is 67.3 Å². The molecule has 61 heteroatoms. The fraction of sp³-hybridized carbons (Fsp3) is 0.423. The fourth-order valence-corrected chi connectivity index (χ4v) is 18.2. The first kappa shape index (κ1) is 106. The molecule has 0 bridgehead atoms. The van der Waals surface area contributed by atoms with Gasteiger partial charge < -0.3 is 40.3 Å². The lowest BCUT2D eigenvalue weighted by Gasteiger charge is -2.07. The molecule has 0 aliphatic heterocycles. The van der Waals surface area contributed by atoms with E-state index in [0.29, 0.717) is 95.0 Å². The minimum absolute atomic E-state index is 0. The van der Waals surface area contributed by atoms with E-state index in [1.807, 2.05) is 0 Å². The first-order valence-electron chi connectivity index (χ1n) is 38.1. The Morgan fingerprint density at radius 1 is 0.409 bits per heavy atom. The van der Waals surface area contributed by atoms with Gasteiger partial charge >= 0.3 is 63.7 Å². The Balaban J connectivity index is 0.000000212.